The molecule has 0 fully saturated rings. The van der Waals surface area contributed by atoms with Gasteiger partial charge in [-0.3, -0.25) is 4.79 Å². The van der Waals surface area contributed by atoms with Gasteiger partial charge in [0.25, 0.3) is 0 Å². The van der Waals surface area contributed by atoms with Gasteiger partial charge in [-0.05, 0) is 74.6 Å². The molecule has 0 spiro atoms. The molecule has 154 valence electrons. The van der Waals surface area contributed by atoms with Crippen LogP contribution in [0.25, 0.3) is 11.0 Å². The Morgan fingerprint density at radius 1 is 1.10 bits per heavy atom. The van der Waals surface area contributed by atoms with Crippen molar-refractivity contribution < 1.29 is 9.18 Å². The number of hydrogen-bond acceptors (Lipinski definition) is 2. The van der Waals surface area contributed by atoms with Gasteiger partial charge in [0.2, 0.25) is 5.91 Å². The molecule has 5 heteroatoms. The lowest BCUT2D eigenvalue weighted by molar-refractivity contribution is -0.125. The zero-order chi connectivity index (χ0) is 21.1. The van der Waals surface area contributed by atoms with Crippen molar-refractivity contribution >= 4 is 16.9 Å². The number of carbonyl (C=O) groups excluding carboxylic acids is 1. The average Bonchev–Trinajstić information content (AvgIpc) is 3.01. The zero-order valence-corrected chi connectivity index (χ0v) is 17.9. The molecule has 1 N–H and O–H groups in total. The van der Waals surface area contributed by atoms with Crippen molar-refractivity contribution in [3.05, 3.63) is 64.7 Å². The van der Waals surface area contributed by atoms with E-state index in [9.17, 15) is 9.18 Å². The number of halogens is 1. The van der Waals surface area contributed by atoms with Gasteiger partial charge in [-0.15, -0.1) is 0 Å². The van der Waals surface area contributed by atoms with Gasteiger partial charge >= 0.3 is 0 Å². The molecular weight excluding hydrogens is 365 g/mol. The first kappa shape index (κ1) is 21.0. The SMILES string of the molecule is CC[C@@H](C)NC(=O)[C@@H](CC)n1c(Cc2ccc(F)cc2)nc2cc(C)c(C)cc21. The van der Waals surface area contributed by atoms with Crippen LogP contribution >= 0.6 is 0 Å². The monoisotopic (exact) mass is 395 g/mol. The van der Waals surface area contributed by atoms with Crippen LogP contribution in [0.15, 0.2) is 36.4 Å². The lowest BCUT2D eigenvalue weighted by atomic mass is 10.1. The van der Waals surface area contributed by atoms with E-state index in [1.165, 1.54) is 23.3 Å². The summed E-state index contributed by atoms with van der Waals surface area (Å²) in [6.07, 6.45) is 2.09. The smallest absolute Gasteiger partial charge is 0.243 e. The van der Waals surface area contributed by atoms with E-state index in [0.717, 1.165) is 28.8 Å². The maximum absolute atomic E-state index is 13.3. The van der Waals surface area contributed by atoms with Gasteiger partial charge in [0.15, 0.2) is 0 Å². The highest BCUT2D eigenvalue weighted by molar-refractivity contribution is 5.85. The molecule has 1 amide bonds. The van der Waals surface area contributed by atoms with Crippen molar-refractivity contribution in [2.45, 2.75) is 66.0 Å². The molecule has 3 rings (SSSR count). The van der Waals surface area contributed by atoms with Crippen LogP contribution in [0.1, 0.15) is 62.2 Å². The van der Waals surface area contributed by atoms with E-state index in [-0.39, 0.29) is 23.8 Å². The molecule has 0 saturated carbocycles. The number of aryl methyl sites for hydroxylation is 2. The van der Waals surface area contributed by atoms with Crippen LogP contribution in [-0.2, 0) is 11.2 Å². The van der Waals surface area contributed by atoms with Gasteiger partial charge in [-0.2, -0.15) is 0 Å². The molecule has 0 radical (unpaired) electrons. The minimum absolute atomic E-state index is 0.0136. The topological polar surface area (TPSA) is 46.9 Å². The maximum Gasteiger partial charge on any atom is 0.243 e. The summed E-state index contributed by atoms with van der Waals surface area (Å²) in [5.41, 5.74) is 5.17. The molecule has 0 aliphatic carbocycles. The number of benzene rings is 2. The van der Waals surface area contributed by atoms with Crippen LogP contribution in [0, 0.1) is 19.7 Å². The number of rotatable bonds is 7. The lowest BCUT2D eigenvalue weighted by Crippen LogP contribution is -2.38. The standard InChI is InChI=1S/C24H30FN3O/c1-6-17(5)26-24(29)21(7-2)28-22-13-16(4)15(3)12-20(22)27-23(28)14-18-8-10-19(25)11-9-18/h8-13,17,21H,6-7,14H2,1-5H3,(H,26,29)/t17-,21-/m1/s1. The predicted octanol–water partition coefficient (Wildman–Crippen LogP) is 5.25. The van der Waals surface area contributed by atoms with Crippen LogP contribution in [0.4, 0.5) is 4.39 Å². The van der Waals surface area contributed by atoms with Crippen LogP contribution in [0.3, 0.4) is 0 Å². The highest BCUT2D eigenvalue weighted by Gasteiger charge is 2.25. The van der Waals surface area contributed by atoms with Gasteiger partial charge in [0, 0.05) is 12.5 Å². The third kappa shape index (κ3) is 4.50. The second-order valence-corrected chi connectivity index (χ2v) is 7.87. The number of carbonyl (C=O) groups is 1. The largest absolute Gasteiger partial charge is 0.352 e. The minimum Gasteiger partial charge on any atom is -0.352 e. The maximum atomic E-state index is 13.3. The highest BCUT2D eigenvalue weighted by Crippen LogP contribution is 2.28. The molecule has 0 aliphatic heterocycles. The fraction of sp³-hybridized carbons (Fsp3) is 0.417. The van der Waals surface area contributed by atoms with Gasteiger partial charge in [0.1, 0.15) is 17.7 Å². The van der Waals surface area contributed by atoms with E-state index in [4.69, 9.17) is 4.98 Å². The molecule has 4 nitrogen and oxygen atoms in total. The summed E-state index contributed by atoms with van der Waals surface area (Å²) in [6, 6.07) is 10.4. The van der Waals surface area contributed by atoms with Crippen LogP contribution in [-0.4, -0.2) is 21.5 Å². The molecule has 0 unspecified atom stereocenters. The first-order valence-corrected chi connectivity index (χ1v) is 10.4. The number of imidazole rings is 1. The van der Waals surface area contributed by atoms with Crippen molar-refractivity contribution in [1.82, 2.24) is 14.9 Å². The summed E-state index contributed by atoms with van der Waals surface area (Å²) >= 11 is 0. The molecule has 2 aromatic carbocycles. The summed E-state index contributed by atoms with van der Waals surface area (Å²) < 4.78 is 15.4. The second kappa shape index (κ2) is 8.76. The summed E-state index contributed by atoms with van der Waals surface area (Å²) in [7, 11) is 0. The second-order valence-electron chi connectivity index (χ2n) is 7.87. The van der Waals surface area contributed by atoms with Gasteiger partial charge in [-0.25, -0.2) is 9.37 Å². The number of nitrogens with one attached hydrogen (secondary N) is 1. The Morgan fingerprint density at radius 3 is 2.38 bits per heavy atom. The molecule has 29 heavy (non-hydrogen) atoms. The number of fused-ring (bicyclic) bond motifs is 1. The Hall–Kier alpha value is -2.69. The minimum atomic E-state index is -0.341. The third-order valence-corrected chi connectivity index (χ3v) is 5.66. The number of hydrogen-bond donors (Lipinski definition) is 1. The first-order chi connectivity index (χ1) is 13.8. The van der Waals surface area contributed by atoms with E-state index in [2.05, 4.69) is 42.8 Å². The van der Waals surface area contributed by atoms with Crippen molar-refractivity contribution in [1.29, 1.82) is 0 Å². The summed E-state index contributed by atoms with van der Waals surface area (Å²) in [4.78, 5) is 17.9. The highest BCUT2D eigenvalue weighted by atomic mass is 19.1. The lowest BCUT2D eigenvalue weighted by Gasteiger charge is -2.22. The fourth-order valence-corrected chi connectivity index (χ4v) is 3.58. The quantitative estimate of drug-likeness (QED) is 0.594. The van der Waals surface area contributed by atoms with E-state index in [0.29, 0.717) is 12.8 Å². The van der Waals surface area contributed by atoms with E-state index in [1.54, 1.807) is 12.1 Å². The van der Waals surface area contributed by atoms with Crippen LogP contribution in [0.5, 0.6) is 0 Å². The Balaban J connectivity index is 2.11. The van der Waals surface area contributed by atoms with E-state index < -0.39 is 0 Å². The fourth-order valence-electron chi connectivity index (χ4n) is 3.58. The molecular formula is C24H30FN3O. The molecule has 1 aromatic heterocycles. The summed E-state index contributed by atoms with van der Waals surface area (Å²) in [5.74, 6) is 0.579. The van der Waals surface area contributed by atoms with E-state index >= 15 is 0 Å². The van der Waals surface area contributed by atoms with Crippen LogP contribution in [0.2, 0.25) is 0 Å². The Bertz CT molecular complexity index is 1010. The Morgan fingerprint density at radius 2 is 1.76 bits per heavy atom. The summed E-state index contributed by atoms with van der Waals surface area (Å²) in [6.45, 7) is 10.2. The van der Waals surface area contributed by atoms with Gasteiger partial charge < -0.3 is 9.88 Å². The van der Waals surface area contributed by atoms with Crippen molar-refractivity contribution in [2.24, 2.45) is 0 Å². The van der Waals surface area contributed by atoms with Crippen molar-refractivity contribution in [3.8, 4) is 0 Å². The van der Waals surface area contributed by atoms with E-state index in [1.807, 2.05) is 13.8 Å². The van der Waals surface area contributed by atoms with Crippen LogP contribution < -0.4 is 5.32 Å². The molecule has 0 bridgehead atoms. The average molecular weight is 396 g/mol. The predicted molar refractivity (Wildman–Crippen MR) is 116 cm³/mol. The van der Waals surface area contributed by atoms with Crippen molar-refractivity contribution in [3.63, 3.8) is 0 Å². The molecule has 2 atom stereocenters. The van der Waals surface area contributed by atoms with Crippen molar-refractivity contribution in [2.75, 3.05) is 0 Å². The third-order valence-electron chi connectivity index (χ3n) is 5.66. The van der Waals surface area contributed by atoms with Gasteiger partial charge in [-0.1, -0.05) is 26.0 Å². The Kier molecular flexibility index (Phi) is 6.36. The molecule has 1 heterocycles. The number of nitrogens with zero attached hydrogens (tertiary/aromatic N) is 2. The normalized spacial score (nSPS) is 13.4. The first-order valence-electron chi connectivity index (χ1n) is 10.4. The van der Waals surface area contributed by atoms with Gasteiger partial charge in [0.05, 0.1) is 11.0 Å². The number of amides is 1. The number of aromatic nitrogens is 2. The zero-order valence-electron chi connectivity index (χ0n) is 17.9. The summed E-state index contributed by atoms with van der Waals surface area (Å²) in [5, 5.41) is 3.12. The molecule has 3 aromatic rings. The molecule has 0 saturated heterocycles. The Labute approximate surface area is 172 Å². The molecule has 0 aliphatic rings.